The van der Waals surface area contributed by atoms with Crippen LogP contribution in [0.3, 0.4) is 0 Å². The van der Waals surface area contributed by atoms with Gasteiger partial charge in [-0.3, -0.25) is 4.79 Å². The van der Waals surface area contributed by atoms with Gasteiger partial charge in [0.1, 0.15) is 19.0 Å². The minimum absolute atomic E-state index is 0.0872. The molecule has 0 bridgehead atoms. The highest BCUT2D eigenvalue weighted by atomic mass is 16.6. The third-order valence-electron chi connectivity index (χ3n) is 4.22. The molecule has 0 radical (unpaired) electrons. The van der Waals surface area contributed by atoms with E-state index < -0.39 is 0 Å². The first kappa shape index (κ1) is 17.0. The number of para-hydroxylation sites is 2. The minimum atomic E-state index is -0.0872. The fourth-order valence-electron chi connectivity index (χ4n) is 2.86. The number of hydrogen-bond acceptors (Lipinski definition) is 5. The first-order valence-electron chi connectivity index (χ1n) is 8.60. The van der Waals surface area contributed by atoms with Crippen LogP contribution in [0.5, 0.6) is 28.7 Å². The number of ketones is 1. The summed E-state index contributed by atoms with van der Waals surface area (Å²) in [6, 6.07) is 19.6. The van der Waals surface area contributed by atoms with Crippen LogP contribution < -0.4 is 18.9 Å². The Kier molecular flexibility index (Phi) is 4.66. The Morgan fingerprint density at radius 3 is 2.22 bits per heavy atom. The van der Waals surface area contributed by atoms with Crippen LogP contribution in [0.4, 0.5) is 0 Å². The topological polar surface area (TPSA) is 54.0 Å². The van der Waals surface area contributed by atoms with E-state index in [0.717, 1.165) is 0 Å². The van der Waals surface area contributed by atoms with E-state index in [-0.39, 0.29) is 5.78 Å². The number of methoxy groups -OCH3 is 1. The fraction of sp³-hybridized carbons (Fsp3) is 0.136. The van der Waals surface area contributed by atoms with Crippen molar-refractivity contribution in [1.82, 2.24) is 0 Å². The van der Waals surface area contributed by atoms with E-state index in [1.54, 1.807) is 49.6 Å². The van der Waals surface area contributed by atoms with Crippen molar-refractivity contribution < 1.29 is 23.7 Å². The van der Waals surface area contributed by atoms with Gasteiger partial charge in [0.25, 0.3) is 0 Å². The van der Waals surface area contributed by atoms with Gasteiger partial charge in [-0.15, -0.1) is 0 Å². The molecule has 0 unspecified atom stereocenters. The number of ether oxygens (including phenoxy) is 4. The van der Waals surface area contributed by atoms with E-state index in [2.05, 4.69) is 0 Å². The Morgan fingerprint density at radius 1 is 0.815 bits per heavy atom. The fourth-order valence-corrected chi connectivity index (χ4v) is 2.86. The second-order valence-corrected chi connectivity index (χ2v) is 5.96. The molecule has 5 nitrogen and oxygen atoms in total. The summed E-state index contributed by atoms with van der Waals surface area (Å²) in [5, 5.41) is 0. The summed E-state index contributed by atoms with van der Waals surface area (Å²) in [6.07, 6.45) is 0. The van der Waals surface area contributed by atoms with Gasteiger partial charge in [0.05, 0.1) is 7.11 Å². The summed E-state index contributed by atoms with van der Waals surface area (Å²) in [6.45, 7) is 1.01. The number of benzene rings is 3. The average Bonchev–Trinajstić information content (AvgIpc) is 2.74. The van der Waals surface area contributed by atoms with Crippen molar-refractivity contribution in [3.8, 4) is 28.7 Å². The molecule has 5 heteroatoms. The quantitative estimate of drug-likeness (QED) is 0.626. The largest absolute Gasteiger partial charge is 0.493 e. The molecule has 27 heavy (non-hydrogen) atoms. The maximum Gasteiger partial charge on any atom is 0.193 e. The molecule has 3 aromatic rings. The standard InChI is InChI=1S/C22H18O5/c1-24-18-4-2-3-5-20(18)27-17-9-6-15(7-10-17)22(23)16-8-11-19-21(14-16)26-13-12-25-19/h2-11,14H,12-13H2,1H3. The highest BCUT2D eigenvalue weighted by molar-refractivity contribution is 6.09. The van der Waals surface area contributed by atoms with Gasteiger partial charge in [0, 0.05) is 11.1 Å². The van der Waals surface area contributed by atoms with Crippen LogP contribution >= 0.6 is 0 Å². The molecule has 4 rings (SSSR count). The zero-order chi connectivity index (χ0) is 18.6. The third-order valence-corrected chi connectivity index (χ3v) is 4.22. The Hall–Kier alpha value is -3.47. The molecule has 0 saturated carbocycles. The minimum Gasteiger partial charge on any atom is -0.493 e. The van der Waals surface area contributed by atoms with Crippen LogP contribution in [-0.2, 0) is 0 Å². The van der Waals surface area contributed by atoms with Crippen LogP contribution in [0.2, 0.25) is 0 Å². The van der Waals surface area contributed by atoms with E-state index in [9.17, 15) is 4.79 Å². The molecule has 0 atom stereocenters. The molecular formula is C22H18O5. The number of rotatable bonds is 5. The number of hydrogen-bond donors (Lipinski definition) is 0. The first-order chi connectivity index (χ1) is 13.2. The summed E-state index contributed by atoms with van der Waals surface area (Å²) < 4.78 is 22.2. The van der Waals surface area contributed by atoms with Gasteiger partial charge in [-0.1, -0.05) is 12.1 Å². The van der Waals surface area contributed by atoms with Gasteiger partial charge in [0.2, 0.25) is 0 Å². The lowest BCUT2D eigenvalue weighted by molar-refractivity contribution is 0.103. The molecule has 1 heterocycles. The van der Waals surface area contributed by atoms with Crippen molar-refractivity contribution in [3.63, 3.8) is 0 Å². The van der Waals surface area contributed by atoms with Gasteiger partial charge in [-0.25, -0.2) is 0 Å². The molecular weight excluding hydrogens is 344 g/mol. The Morgan fingerprint density at radius 2 is 1.48 bits per heavy atom. The summed E-state index contributed by atoms with van der Waals surface area (Å²) >= 11 is 0. The van der Waals surface area contributed by atoms with Crippen LogP contribution in [0, 0.1) is 0 Å². The molecule has 0 amide bonds. The number of carbonyl (C=O) groups excluding carboxylic acids is 1. The molecule has 0 N–H and O–H groups in total. The zero-order valence-corrected chi connectivity index (χ0v) is 14.8. The molecule has 3 aromatic carbocycles. The average molecular weight is 362 g/mol. The van der Waals surface area contributed by atoms with Gasteiger partial charge < -0.3 is 18.9 Å². The summed E-state index contributed by atoms with van der Waals surface area (Å²) in [7, 11) is 1.59. The molecule has 136 valence electrons. The van der Waals surface area contributed by atoms with Gasteiger partial charge >= 0.3 is 0 Å². The monoisotopic (exact) mass is 362 g/mol. The SMILES string of the molecule is COc1ccccc1Oc1ccc(C(=O)c2ccc3c(c2)OCCO3)cc1. The van der Waals surface area contributed by atoms with Crippen LogP contribution in [0.1, 0.15) is 15.9 Å². The van der Waals surface area contributed by atoms with Gasteiger partial charge in [0.15, 0.2) is 28.8 Å². The third kappa shape index (κ3) is 3.58. The van der Waals surface area contributed by atoms with Crippen molar-refractivity contribution in [2.24, 2.45) is 0 Å². The zero-order valence-electron chi connectivity index (χ0n) is 14.8. The smallest absolute Gasteiger partial charge is 0.193 e. The summed E-state index contributed by atoms with van der Waals surface area (Å²) in [5.74, 6) is 3.07. The molecule has 0 saturated heterocycles. The number of carbonyl (C=O) groups is 1. The van der Waals surface area contributed by atoms with E-state index in [0.29, 0.717) is 53.1 Å². The summed E-state index contributed by atoms with van der Waals surface area (Å²) in [5.41, 5.74) is 1.12. The lowest BCUT2D eigenvalue weighted by atomic mass is 10.0. The molecule has 1 aliphatic heterocycles. The van der Waals surface area contributed by atoms with Crippen molar-refractivity contribution in [2.45, 2.75) is 0 Å². The maximum absolute atomic E-state index is 12.7. The predicted octanol–water partition coefficient (Wildman–Crippen LogP) is 4.49. The lowest BCUT2D eigenvalue weighted by Crippen LogP contribution is -2.15. The van der Waals surface area contributed by atoms with Crippen molar-refractivity contribution in [3.05, 3.63) is 77.9 Å². The Bertz CT molecular complexity index is 963. The highest BCUT2D eigenvalue weighted by Crippen LogP contribution is 2.33. The summed E-state index contributed by atoms with van der Waals surface area (Å²) in [4.78, 5) is 12.7. The molecule has 0 spiro atoms. The van der Waals surface area contributed by atoms with Crippen molar-refractivity contribution >= 4 is 5.78 Å². The van der Waals surface area contributed by atoms with E-state index >= 15 is 0 Å². The maximum atomic E-state index is 12.7. The predicted molar refractivity (Wildman–Crippen MR) is 100 cm³/mol. The van der Waals surface area contributed by atoms with E-state index in [4.69, 9.17) is 18.9 Å². The second kappa shape index (κ2) is 7.41. The molecule has 0 aromatic heterocycles. The van der Waals surface area contributed by atoms with Gasteiger partial charge in [-0.05, 0) is 54.6 Å². The number of fused-ring (bicyclic) bond motifs is 1. The van der Waals surface area contributed by atoms with Crippen molar-refractivity contribution in [2.75, 3.05) is 20.3 Å². The lowest BCUT2D eigenvalue weighted by Gasteiger charge is -2.18. The van der Waals surface area contributed by atoms with Crippen LogP contribution in [0.25, 0.3) is 0 Å². The normalized spacial score (nSPS) is 12.3. The van der Waals surface area contributed by atoms with Crippen LogP contribution in [0.15, 0.2) is 66.7 Å². The Labute approximate surface area is 157 Å². The molecule has 0 fully saturated rings. The van der Waals surface area contributed by atoms with Crippen molar-refractivity contribution in [1.29, 1.82) is 0 Å². The van der Waals surface area contributed by atoms with E-state index in [1.165, 1.54) is 0 Å². The van der Waals surface area contributed by atoms with Crippen LogP contribution in [-0.4, -0.2) is 26.1 Å². The highest BCUT2D eigenvalue weighted by Gasteiger charge is 2.16. The van der Waals surface area contributed by atoms with E-state index in [1.807, 2.05) is 24.3 Å². The van der Waals surface area contributed by atoms with Gasteiger partial charge in [-0.2, -0.15) is 0 Å². The molecule has 0 aliphatic carbocycles. The Balaban J connectivity index is 1.52. The second-order valence-electron chi connectivity index (χ2n) is 5.96. The molecule has 1 aliphatic rings. The first-order valence-corrected chi connectivity index (χ1v) is 8.60.